The zero-order chi connectivity index (χ0) is 13.8. The fourth-order valence-electron chi connectivity index (χ4n) is 2.11. The van der Waals surface area contributed by atoms with E-state index in [9.17, 15) is 4.79 Å². The van der Waals surface area contributed by atoms with E-state index in [4.69, 9.17) is 15.2 Å². The smallest absolute Gasteiger partial charge is 0.236 e. The van der Waals surface area contributed by atoms with Crippen molar-refractivity contribution in [1.29, 1.82) is 0 Å². The Morgan fingerprint density at radius 1 is 1.35 bits per heavy atom. The van der Waals surface area contributed by atoms with Gasteiger partial charge in [-0.1, -0.05) is 0 Å². The first kappa shape index (κ1) is 16.6. The van der Waals surface area contributed by atoms with Crippen molar-refractivity contribution in [1.82, 2.24) is 4.90 Å². The van der Waals surface area contributed by atoms with Crippen molar-refractivity contribution < 1.29 is 14.3 Å². The third-order valence-corrected chi connectivity index (χ3v) is 3.31. The lowest BCUT2D eigenvalue weighted by Gasteiger charge is -2.23. The van der Waals surface area contributed by atoms with Crippen LogP contribution in [0.2, 0.25) is 0 Å². The van der Waals surface area contributed by atoms with Crippen LogP contribution in [0.5, 0.6) is 11.5 Å². The van der Waals surface area contributed by atoms with E-state index in [1.807, 2.05) is 23.1 Å². The van der Waals surface area contributed by atoms with Gasteiger partial charge in [-0.25, -0.2) is 0 Å². The number of carbonyl (C=O) groups is 1. The predicted octanol–water partition coefficient (Wildman–Crippen LogP) is 1.58. The number of benzene rings is 1. The van der Waals surface area contributed by atoms with Gasteiger partial charge in [0, 0.05) is 18.2 Å². The fourth-order valence-corrected chi connectivity index (χ4v) is 2.11. The molecule has 5 nitrogen and oxygen atoms in total. The topological polar surface area (TPSA) is 64.8 Å². The molecule has 1 saturated carbocycles. The highest BCUT2D eigenvalue weighted by Gasteiger charge is 2.32. The molecule has 0 unspecified atom stereocenters. The lowest BCUT2D eigenvalue weighted by molar-refractivity contribution is -0.130. The summed E-state index contributed by atoms with van der Waals surface area (Å²) in [6, 6.07) is 5.92. The second-order valence-electron chi connectivity index (χ2n) is 4.63. The second-order valence-corrected chi connectivity index (χ2v) is 4.63. The SMILES string of the molecule is COc1ccc(OC)c(CN(C(=O)CN)C2CC2)c1.Cl. The lowest BCUT2D eigenvalue weighted by atomic mass is 10.1. The molecular weight excluding hydrogens is 280 g/mol. The van der Waals surface area contributed by atoms with Gasteiger partial charge in [-0.3, -0.25) is 4.79 Å². The molecule has 0 heterocycles. The van der Waals surface area contributed by atoms with Crippen molar-refractivity contribution in [2.75, 3.05) is 20.8 Å². The van der Waals surface area contributed by atoms with Gasteiger partial charge in [0.25, 0.3) is 0 Å². The number of carbonyl (C=O) groups excluding carboxylic acids is 1. The van der Waals surface area contributed by atoms with Crippen LogP contribution < -0.4 is 15.2 Å². The maximum Gasteiger partial charge on any atom is 0.236 e. The number of ether oxygens (including phenoxy) is 2. The first-order valence-corrected chi connectivity index (χ1v) is 6.40. The molecule has 0 radical (unpaired) electrons. The van der Waals surface area contributed by atoms with Crippen LogP contribution in [0.25, 0.3) is 0 Å². The Kier molecular flexibility index (Phi) is 6.10. The molecule has 0 aliphatic heterocycles. The Balaban J connectivity index is 0.00000200. The van der Waals surface area contributed by atoms with Crippen LogP contribution in [0.1, 0.15) is 18.4 Å². The fraction of sp³-hybridized carbons (Fsp3) is 0.500. The Labute approximate surface area is 125 Å². The van der Waals surface area contributed by atoms with Crippen LogP contribution >= 0.6 is 12.4 Å². The molecule has 112 valence electrons. The highest BCUT2D eigenvalue weighted by molar-refractivity contribution is 5.85. The Hall–Kier alpha value is -1.46. The summed E-state index contributed by atoms with van der Waals surface area (Å²) in [5.74, 6) is 1.50. The molecule has 1 aromatic rings. The van der Waals surface area contributed by atoms with Gasteiger partial charge in [0.2, 0.25) is 5.91 Å². The van der Waals surface area contributed by atoms with Crippen molar-refractivity contribution in [2.45, 2.75) is 25.4 Å². The maximum absolute atomic E-state index is 11.9. The van der Waals surface area contributed by atoms with E-state index < -0.39 is 0 Å². The van der Waals surface area contributed by atoms with Gasteiger partial charge in [0.15, 0.2) is 0 Å². The molecule has 20 heavy (non-hydrogen) atoms. The number of nitrogens with two attached hydrogens (primary N) is 1. The molecule has 0 bridgehead atoms. The average Bonchev–Trinajstić information content (AvgIpc) is 3.28. The van der Waals surface area contributed by atoms with Gasteiger partial charge >= 0.3 is 0 Å². The number of nitrogens with zero attached hydrogens (tertiary/aromatic N) is 1. The maximum atomic E-state index is 11.9. The molecule has 1 aliphatic rings. The van der Waals surface area contributed by atoms with E-state index in [2.05, 4.69) is 0 Å². The summed E-state index contributed by atoms with van der Waals surface area (Å²) in [5, 5.41) is 0. The second kappa shape index (κ2) is 7.36. The van der Waals surface area contributed by atoms with E-state index in [1.165, 1.54) is 0 Å². The lowest BCUT2D eigenvalue weighted by Crippen LogP contribution is -2.37. The van der Waals surface area contributed by atoms with Gasteiger partial charge in [0.1, 0.15) is 11.5 Å². The normalized spacial score (nSPS) is 13.3. The molecule has 6 heteroatoms. The standard InChI is InChI=1S/C14H20N2O3.ClH/c1-18-12-5-6-13(19-2)10(7-12)9-16(11-3-4-11)14(17)8-15;/h5-7,11H,3-4,8-9,15H2,1-2H3;1H. The van der Waals surface area contributed by atoms with Gasteiger partial charge < -0.3 is 20.1 Å². The number of rotatable bonds is 6. The van der Waals surface area contributed by atoms with Crippen LogP contribution in [-0.2, 0) is 11.3 Å². The minimum atomic E-state index is -0.0210. The monoisotopic (exact) mass is 300 g/mol. The summed E-state index contributed by atoms with van der Waals surface area (Å²) in [4.78, 5) is 13.7. The molecule has 1 fully saturated rings. The Morgan fingerprint density at radius 2 is 2.05 bits per heavy atom. The summed E-state index contributed by atoms with van der Waals surface area (Å²) >= 11 is 0. The van der Waals surface area contributed by atoms with E-state index >= 15 is 0 Å². The van der Waals surface area contributed by atoms with E-state index in [1.54, 1.807) is 14.2 Å². The van der Waals surface area contributed by atoms with Gasteiger partial charge in [0.05, 0.1) is 20.8 Å². The first-order valence-electron chi connectivity index (χ1n) is 6.40. The van der Waals surface area contributed by atoms with Crippen molar-refractivity contribution >= 4 is 18.3 Å². The highest BCUT2D eigenvalue weighted by Crippen LogP contribution is 2.31. The zero-order valence-corrected chi connectivity index (χ0v) is 12.6. The van der Waals surface area contributed by atoms with Gasteiger partial charge in [-0.2, -0.15) is 0 Å². The molecule has 1 aromatic carbocycles. The van der Waals surface area contributed by atoms with Gasteiger partial charge in [-0.15, -0.1) is 12.4 Å². The summed E-state index contributed by atoms with van der Waals surface area (Å²) < 4.78 is 10.5. The van der Waals surface area contributed by atoms with Crippen LogP contribution in [0.4, 0.5) is 0 Å². The molecule has 0 saturated heterocycles. The number of halogens is 1. The van der Waals surface area contributed by atoms with Crippen molar-refractivity contribution in [3.63, 3.8) is 0 Å². The van der Waals surface area contributed by atoms with Crippen molar-refractivity contribution in [3.8, 4) is 11.5 Å². The minimum Gasteiger partial charge on any atom is -0.497 e. The molecule has 2 rings (SSSR count). The third kappa shape index (κ3) is 3.77. The number of amides is 1. The third-order valence-electron chi connectivity index (χ3n) is 3.31. The summed E-state index contributed by atoms with van der Waals surface area (Å²) in [7, 11) is 3.24. The average molecular weight is 301 g/mol. The van der Waals surface area contributed by atoms with Crippen LogP contribution in [-0.4, -0.2) is 37.6 Å². The highest BCUT2D eigenvalue weighted by atomic mass is 35.5. The summed E-state index contributed by atoms with van der Waals surface area (Å²) in [6.07, 6.45) is 2.11. The number of methoxy groups -OCH3 is 2. The van der Waals surface area contributed by atoms with Gasteiger partial charge in [-0.05, 0) is 31.0 Å². The van der Waals surface area contributed by atoms with Crippen LogP contribution in [0, 0.1) is 0 Å². The van der Waals surface area contributed by atoms with Crippen molar-refractivity contribution in [2.24, 2.45) is 5.73 Å². The molecule has 1 aliphatic carbocycles. The largest absolute Gasteiger partial charge is 0.497 e. The predicted molar refractivity (Wildman–Crippen MR) is 79.4 cm³/mol. The molecule has 0 aromatic heterocycles. The van der Waals surface area contributed by atoms with E-state index in [0.29, 0.717) is 12.6 Å². The molecule has 2 N–H and O–H groups in total. The molecule has 0 atom stereocenters. The molecule has 0 spiro atoms. The zero-order valence-electron chi connectivity index (χ0n) is 11.8. The van der Waals surface area contributed by atoms with Crippen LogP contribution in [0.15, 0.2) is 18.2 Å². The van der Waals surface area contributed by atoms with E-state index in [-0.39, 0.29) is 24.9 Å². The van der Waals surface area contributed by atoms with Crippen molar-refractivity contribution in [3.05, 3.63) is 23.8 Å². The number of hydrogen-bond donors (Lipinski definition) is 1. The summed E-state index contributed by atoms with van der Waals surface area (Å²) in [6.45, 7) is 0.559. The number of hydrogen-bond acceptors (Lipinski definition) is 4. The van der Waals surface area contributed by atoms with Crippen LogP contribution in [0.3, 0.4) is 0 Å². The minimum absolute atomic E-state index is 0. The molecule has 1 amide bonds. The Morgan fingerprint density at radius 3 is 2.55 bits per heavy atom. The summed E-state index contributed by atoms with van der Waals surface area (Å²) in [5.41, 5.74) is 6.41. The Bertz CT molecular complexity index is 464. The van der Waals surface area contributed by atoms with E-state index in [0.717, 1.165) is 29.9 Å². The quantitative estimate of drug-likeness (QED) is 0.866. The first-order chi connectivity index (χ1) is 9.19. The molecular formula is C14H21ClN2O3.